The number of hydrogen-bond acceptors (Lipinski definition) is 5. The number of nitrogen functional groups attached to an aromatic ring is 1. The molecule has 0 aliphatic rings. The number of rotatable bonds is 4. The van der Waals surface area contributed by atoms with Crippen molar-refractivity contribution < 1.29 is 9.18 Å². The summed E-state index contributed by atoms with van der Waals surface area (Å²) in [7, 11) is 0. The van der Waals surface area contributed by atoms with E-state index in [1.807, 2.05) is 12.3 Å². The van der Waals surface area contributed by atoms with Gasteiger partial charge in [-0.15, -0.1) is 11.3 Å². The van der Waals surface area contributed by atoms with Crippen molar-refractivity contribution in [1.29, 1.82) is 0 Å². The van der Waals surface area contributed by atoms with Crippen LogP contribution in [0, 0.1) is 5.82 Å². The summed E-state index contributed by atoms with van der Waals surface area (Å²) in [6.07, 6.45) is 3.01. The van der Waals surface area contributed by atoms with Gasteiger partial charge in [0.15, 0.2) is 11.6 Å². The number of thiazole rings is 1. The summed E-state index contributed by atoms with van der Waals surface area (Å²) in [6, 6.07) is 1.30. The third kappa shape index (κ3) is 3.05. The molecule has 1 atom stereocenters. The number of amides is 1. The Morgan fingerprint density at radius 2 is 2.32 bits per heavy atom. The molecular weight excluding hydrogens is 267 g/mol. The van der Waals surface area contributed by atoms with E-state index in [2.05, 4.69) is 15.3 Å². The highest BCUT2D eigenvalue weighted by atomic mass is 32.1. The summed E-state index contributed by atoms with van der Waals surface area (Å²) in [5, 5.41) is 5.46. The van der Waals surface area contributed by atoms with Crippen LogP contribution in [-0.4, -0.2) is 22.4 Å². The fraction of sp³-hybridized carbons (Fsp3) is 0.250. The summed E-state index contributed by atoms with van der Waals surface area (Å²) in [5.74, 6) is -1.50. The van der Waals surface area contributed by atoms with Gasteiger partial charge in [-0.05, 0) is 6.07 Å². The minimum absolute atomic E-state index is 0.0752. The molecule has 2 rings (SSSR count). The zero-order valence-corrected chi connectivity index (χ0v) is 11.1. The van der Waals surface area contributed by atoms with Crippen LogP contribution in [-0.2, 0) is 0 Å². The van der Waals surface area contributed by atoms with Gasteiger partial charge in [-0.1, -0.05) is 6.92 Å². The Hall–Kier alpha value is -2.02. The lowest BCUT2D eigenvalue weighted by Crippen LogP contribution is -2.28. The monoisotopic (exact) mass is 280 g/mol. The summed E-state index contributed by atoms with van der Waals surface area (Å²) >= 11 is 1.52. The van der Waals surface area contributed by atoms with Crippen molar-refractivity contribution in [2.75, 3.05) is 12.3 Å². The molecule has 3 N–H and O–H groups in total. The van der Waals surface area contributed by atoms with Gasteiger partial charge in [0.05, 0.1) is 10.6 Å². The van der Waals surface area contributed by atoms with Gasteiger partial charge in [-0.2, -0.15) is 0 Å². The molecule has 19 heavy (non-hydrogen) atoms. The van der Waals surface area contributed by atoms with E-state index < -0.39 is 11.7 Å². The van der Waals surface area contributed by atoms with Crippen LogP contribution in [0.2, 0.25) is 0 Å². The normalized spacial score (nSPS) is 12.1. The highest BCUT2D eigenvalue weighted by molar-refractivity contribution is 7.09. The predicted molar refractivity (Wildman–Crippen MR) is 71.5 cm³/mol. The average Bonchev–Trinajstić information content (AvgIpc) is 2.93. The van der Waals surface area contributed by atoms with Crippen LogP contribution < -0.4 is 11.1 Å². The van der Waals surface area contributed by atoms with Gasteiger partial charge in [0.2, 0.25) is 0 Å². The molecule has 2 aromatic rings. The zero-order chi connectivity index (χ0) is 13.8. The molecular formula is C12H13FN4OS. The third-order valence-corrected chi connectivity index (χ3v) is 3.61. The molecule has 0 saturated carbocycles. The molecule has 0 fully saturated rings. The topological polar surface area (TPSA) is 80.9 Å². The first-order valence-corrected chi connectivity index (χ1v) is 6.55. The Morgan fingerprint density at radius 1 is 1.53 bits per heavy atom. The van der Waals surface area contributed by atoms with E-state index in [0.717, 1.165) is 5.01 Å². The maximum Gasteiger partial charge on any atom is 0.254 e. The van der Waals surface area contributed by atoms with Gasteiger partial charge in [-0.25, -0.2) is 14.4 Å². The highest BCUT2D eigenvalue weighted by Gasteiger charge is 2.16. The molecule has 0 saturated heterocycles. The Morgan fingerprint density at radius 3 is 3.00 bits per heavy atom. The molecule has 0 aromatic carbocycles. The molecule has 0 aliphatic carbocycles. The van der Waals surface area contributed by atoms with Gasteiger partial charge >= 0.3 is 0 Å². The second kappa shape index (κ2) is 5.75. The molecule has 2 aromatic heterocycles. The van der Waals surface area contributed by atoms with Crippen LogP contribution in [0.5, 0.6) is 0 Å². The molecule has 0 aliphatic heterocycles. The molecule has 0 radical (unpaired) electrons. The lowest BCUT2D eigenvalue weighted by atomic mass is 10.2. The number of carbonyl (C=O) groups is 1. The van der Waals surface area contributed by atoms with Gasteiger partial charge in [0.25, 0.3) is 5.91 Å². The van der Waals surface area contributed by atoms with Gasteiger partial charge in [-0.3, -0.25) is 4.79 Å². The standard InChI is InChI=1S/C12H13FN4OS/c1-7(12-16-4-5-19-12)6-17-11(18)8-2-3-15-10(14)9(8)13/h2-5,7H,6H2,1H3,(H2,14,15)(H,17,18). The molecule has 2 heterocycles. The van der Waals surface area contributed by atoms with Gasteiger partial charge in [0.1, 0.15) is 0 Å². The molecule has 5 nitrogen and oxygen atoms in total. The van der Waals surface area contributed by atoms with Crippen molar-refractivity contribution in [2.24, 2.45) is 0 Å². The molecule has 7 heteroatoms. The number of hydrogen-bond donors (Lipinski definition) is 2. The largest absolute Gasteiger partial charge is 0.381 e. The Bertz CT molecular complexity index is 573. The Labute approximate surface area is 113 Å². The first-order valence-electron chi connectivity index (χ1n) is 5.67. The van der Waals surface area contributed by atoms with Crippen LogP contribution in [0.4, 0.5) is 10.2 Å². The number of anilines is 1. The van der Waals surface area contributed by atoms with Crippen LogP contribution in [0.25, 0.3) is 0 Å². The van der Waals surface area contributed by atoms with Crippen molar-refractivity contribution >= 4 is 23.1 Å². The van der Waals surface area contributed by atoms with E-state index in [4.69, 9.17) is 5.73 Å². The van der Waals surface area contributed by atoms with Crippen molar-refractivity contribution in [3.8, 4) is 0 Å². The third-order valence-electron chi connectivity index (χ3n) is 2.60. The van der Waals surface area contributed by atoms with Crippen molar-refractivity contribution in [1.82, 2.24) is 15.3 Å². The number of nitrogens with zero attached hydrogens (tertiary/aromatic N) is 2. The summed E-state index contributed by atoms with van der Waals surface area (Å²) in [4.78, 5) is 19.6. The average molecular weight is 280 g/mol. The smallest absolute Gasteiger partial charge is 0.254 e. The minimum Gasteiger partial charge on any atom is -0.381 e. The quantitative estimate of drug-likeness (QED) is 0.894. The van der Waals surface area contributed by atoms with Crippen molar-refractivity contribution in [3.05, 3.63) is 40.2 Å². The first kappa shape index (κ1) is 13.4. The second-order valence-electron chi connectivity index (χ2n) is 4.04. The first-order chi connectivity index (χ1) is 9.09. The lowest BCUT2D eigenvalue weighted by molar-refractivity contribution is 0.0947. The fourth-order valence-corrected chi connectivity index (χ4v) is 2.24. The number of aromatic nitrogens is 2. The van der Waals surface area contributed by atoms with E-state index in [9.17, 15) is 9.18 Å². The minimum atomic E-state index is -0.790. The lowest BCUT2D eigenvalue weighted by Gasteiger charge is -2.10. The van der Waals surface area contributed by atoms with E-state index in [-0.39, 0.29) is 17.3 Å². The molecule has 1 amide bonds. The van der Waals surface area contributed by atoms with E-state index in [1.165, 1.54) is 23.6 Å². The molecule has 1 unspecified atom stereocenters. The van der Waals surface area contributed by atoms with Crippen LogP contribution >= 0.6 is 11.3 Å². The van der Waals surface area contributed by atoms with Crippen molar-refractivity contribution in [2.45, 2.75) is 12.8 Å². The molecule has 100 valence electrons. The summed E-state index contributed by atoms with van der Waals surface area (Å²) in [5.41, 5.74) is 5.22. The Kier molecular flexibility index (Phi) is 4.06. The van der Waals surface area contributed by atoms with Crippen molar-refractivity contribution in [3.63, 3.8) is 0 Å². The zero-order valence-electron chi connectivity index (χ0n) is 10.3. The van der Waals surface area contributed by atoms with E-state index in [0.29, 0.717) is 6.54 Å². The molecule has 0 spiro atoms. The van der Waals surface area contributed by atoms with Crippen LogP contribution in [0.1, 0.15) is 28.2 Å². The Balaban J connectivity index is 2.00. The van der Waals surface area contributed by atoms with Crippen LogP contribution in [0.15, 0.2) is 23.8 Å². The highest BCUT2D eigenvalue weighted by Crippen LogP contribution is 2.17. The predicted octanol–water partition coefficient (Wildman–Crippen LogP) is 1.79. The fourth-order valence-electron chi connectivity index (χ4n) is 1.54. The number of pyridine rings is 1. The van der Waals surface area contributed by atoms with E-state index >= 15 is 0 Å². The number of halogens is 1. The number of carbonyl (C=O) groups excluding carboxylic acids is 1. The SMILES string of the molecule is CC(CNC(=O)c1ccnc(N)c1F)c1nccs1. The maximum absolute atomic E-state index is 13.6. The number of nitrogens with two attached hydrogens (primary N) is 1. The second-order valence-corrected chi connectivity index (χ2v) is 4.97. The number of nitrogens with one attached hydrogen (secondary N) is 1. The van der Waals surface area contributed by atoms with E-state index in [1.54, 1.807) is 6.20 Å². The maximum atomic E-state index is 13.6. The summed E-state index contributed by atoms with van der Waals surface area (Å²) < 4.78 is 13.6. The van der Waals surface area contributed by atoms with Gasteiger partial charge in [0, 0.05) is 30.2 Å². The van der Waals surface area contributed by atoms with Crippen LogP contribution in [0.3, 0.4) is 0 Å². The van der Waals surface area contributed by atoms with Gasteiger partial charge < -0.3 is 11.1 Å². The summed E-state index contributed by atoms with van der Waals surface area (Å²) in [6.45, 7) is 2.32. The molecule has 0 bridgehead atoms.